The summed E-state index contributed by atoms with van der Waals surface area (Å²) in [5.74, 6) is 1.78. The minimum atomic E-state index is -0.0590. The van der Waals surface area contributed by atoms with Crippen LogP contribution in [0.3, 0.4) is 0 Å². The zero-order chi connectivity index (χ0) is 11.1. The molecule has 3 unspecified atom stereocenters. The summed E-state index contributed by atoms with van der Waals surface area (Å²) >= 11 is 0. The maximum Gasteiger partial charge on any atom is 0.255 e. The van der Waals surface area contributed by atoms with Gasteiger partial charge in [-0.25, -0.2) is 0 Å². The fourth-order valence-electron chi connectivity index (χ4n) is 2.16. The van der Waals surface area contributed by atoms with Crippen molar-refractivity contribution in [1.29, 1.82) is 0 Å². The Hall–Kier alpha value is -0.940. The third-order valence-electron chi connectivity index (χ3n) is 3.39. The number of hydrogen-bond acceptors (Lipinski definition) is 5. The van der Waals surface area contributed by atoms with Gasteiger partial charge in [-0.3, -0.25) is 0 Å². The number of ether oxygens (including phenoxy) is 1. The van der Waals surface area contributed by atoms with Crippen molar-refractivity contribution in [3.63, 3.8) is 0 Å². The van der Waals surface area contributed by atoms with Crippen molar-refractivity contribution in [2.75, 3.05) is 0 Å². The van der Waals surface area contributed by atoms with Gasteiger partial charge in [0.25, 0.3) is 5.89 Å². The Bertz CT molecular complexity index is 375. The molecule has 3 atom stereocenters. The van der Waals surface area contributed by atoms with Gasteiger partial charge in [0.2, 0.25) is 0 Å². The molecule has 1 saturated heterocycles. The number of nitrogens with zero attached hydrogens (tertiary/aromatic N) is 2. The Morgan fingerprint density at radius 1 is 1.31 bits per heavy atom. The molecule has 2 aliphatic rings. The first-order chi connectivity index (χ1) is 7.74. The lowest BCUT2D eigenvalue weighted by molar-refractivity contribution is 0.0355. The van der Waals surface area contributed by atoms with Gasteiger partial charge in [-0.05, 0) is 38.5 Å². The van der Waals surface area contributed by atoms with Crippen molar-refractivity contribution >= 4 is 0 Å². The van der Waals surface area contributed by atoms with Gasteiger partial charge < -0.3 is 15.0 Å². The zero-order valence-electron chi connectivity index (χ0n) is 9.43. The van der Waals surface area contributed by atoms with Crippen LogP contribution in [0.1, 0.15) is 56.5 Å². The lowest BCUT2D eigenvalue weighted by atomic mass is 10.2. The molecular formula is C11H17N3O2. The van der Waals surface area contributed by atoms with E-state index < -0.39 is 0 Å². The molecule has 5 heteroatoms. The van der Waals surface area contributed by atoms with E-state index >= 15 is 0 Å². The molecule has 2 heterocycles. The smallest absolute Gasteiger partial charge is 0.255 e. The van der Waals surface area contributed by atoms with Crippen LogP contribution in [0.2, 0.25) is 0 Å². The van der Waals surface area contributed by atoms with Gasteiger partial charge >= 0.3 is 0 Å². The fourth-order valence-corrected chi connectivity index (χ4v) is 2.16. The maximum absolute atomic E-state index is 6.01. The SMILES string of the molecule is CC1CCC(c2nc(C(N)C3CC3)no2)O1. The molecule has 0 aromatic carbocycles. The number of rotatable bonds is 3. The molecule has 1 aliphatic carbocycles. The molecule has 3 rings (SSSR count). The number of hydrogen-bond donors (Lipinski definition) is 1. The van der Waals surface area contributed by atoms with E-state index in [1.807, 2.05) is 0 Å². The first-order valence-electron chi connectivity index (χ1n) is 5.98. The topological polar surface area (TPSA) is 74.2 Å². The summed E-state index contributed by atoms with van der Waals surface area (Å²) in [7, 11) is 0. The van der Waals surface area contributed by atoms with E-state index in [-0.39, 0.29) is 18.2 Å². The average Bonchev–Trinajstić information content (AvgIpc) is 2.84. The van der Waals surface area contributed by atoms with Gasteiger partial charge in [0.1, 0.15) is 6.10 Å². The van der Waals surface area contributed by atoms with E-state index in [1.165, 1.54) is 12.8 Å². The number of aromatic nitrogens is 2. The van der Waals surface area contributed by atoms with Crippen LogP contribution in [0.15, 0.2) is 4.52 Å². The largest absolute Gasteiger partial charge is 0.365 e. The van der Waals surface area contributed by atoms with Gasteiger partial charge in [-0.15, -0.1) is 0 Å². The first kappa shape index (κ1) is 10.2. The highest BCUT2D eigenvalue weighted by molar-refractivity contribution is 5.01. The van der Waals surface area contributed by atoms with Crippen molar-refractivity contribution in [2.24, 2.45) is 11.7 Å². The van der Waals surface area contributed by atoms with Crippen LogP contribution in [-0.4, -0.2) is 16.2 Å². The molecule has 1 aromatic rings. The van der Waals surface area contributed by atoms with E-state index in [0.29, 0.717) is 17.6 Å². The molecule has 0 radical (unpaired) electrons. The third-order valence-corrected chi connectivity index (χ3v) is 3.39. The molecule has 0 spiro atoms. The molecule has 1 aromatic heterocycles. The Kier molecular flexibility index (Phi) is 2.44. The highest BCUT2D eigenvalue weighted by atomic mass is 16.5. The average molecular weight is 223 g/mol. The van der Waals surface area contributed by atoms with Crippen LogP contribution in [0.25, 0.3) is 0 Å². The van der Waals surface area contributed by atoms with Crippen LogP contribution < -0.4 is 5.73 Å². The Morgan fingerprint density at radius 2 is 2.12 bits per heavy atom. The summed E-state index contributed by atoms with van der Waals surface area (Å²) < 4.78 is 10.9. The summed E-state index contributed by atoms with van der Waals surface area (Å²) in [4.78, 5) is 4.36. The standard InChI is InChI=1S/C11H17N3O2/c1-6-2-5-8(15-6)11-13-10(14-16-11)9(12)7-3-4-7/h6-9H,2-5,12H2,1H3. The maximum atomic E-state index is 6.01. The third kappa shape index (κ3) is 1.85. The molecule has 0 bridgehead atoms. The Balaban J connectivity index is 1.72. The minimum absolute atomic E-state index is 0.0253. The fraction of sp³-hybridized carbons (Fsp3) is 0.818. The summed E-state index contributed by atoms with van der Waals surface area (Å²) in [6.07, 6.45) is 4.64. The molecule has 2 N–H and O–H groups in total. The second-order valence-corrected chi connectivity index (χ2v) is 4.87. The van der Waals surface area contributed by atoms with Gasteiger partial charge in [0.15, 0.2) is 5.82 Å². The van der Waals surface area contributed by atoms with Crippen LogP contribution in [0.4, 0.5) is 0 Å². The van der Waals surface area contributed by atoms with Gasteiger partial charge in [-0.2, -0.15) is 4.98 Å². The van der Waals surface area contributed by atoms with Crippen LogP contribution in [0.5, 0.6) is 0 Å². The number of nitrogens with two attached hydrogens (primary N) is 1. The second kappa shape index (κ2) is 3.82. The highest BCUT2D eigenvalue weighted by Gasteiger charge is 2.34. The second-order valence-electron chi connectivity index (χ2n) is 4.87. The molecule has 0 amide bonds. The van der Waals surface area contributed by atoms with E-state index in [2.05, 4.69) is 17.1 Å². The predicted octanol–water partition coefficient (Wildman–Crippen LogP) is 1.72. The molecule has 2 fully saturated rings. The van der Waals surface area contributed by atoms with Crippen molar-refractivity contribution in [2.45, 2.75) is 50.9 Å². The Morgan fingerprint density at radius 3 is 2.75 bits per heavy atom. The molecule has 5 nitrogen and oxygen atoms in total. The minimum Gasteiger partial charge on any atom is -0.365 e. The van der Waals surface area contributed by atoms with Crippen molar-refractivity contribution < 1.29 is 9.26 Å². The van der Waals surface area contributed by atoms with E-state index in [9.17, 15) is 0 Å². The lowest BCUT2D eigenvalue weighted by Gasteiger charge is -2.05. The van der Waals surface area contributed by atoms with Gasteiger partial charge in [0.05, 0.1) is 12.1 Å². The van der Waals surface area contributed by atoms with Gasteiger partial charge in [-0.1, -0.05) is 5.16 Å². The zero-order valence-corrected chi connectivity index (χ0v) is 9.43. The van der Waals surface area contributed by atoms with Crippen molar-refractivity contribution in [1.82, 2.24) is 10.1 Å². The quantitative estimate of drug-likeness (QED) is 0.844. The summed E-state index contributed by atoms with van der Waals surface area (Å²) in [5.41, 5.74) is 6.01. The van der Waals surface area contributed by atoms with Crippen LogP contribution in [-0.2, 0) is 4.74 Å². The summed E-state index contributed by atoms with van der Waals surface area (Å²) in [6.45, 7) is 2.06. The molecule has 16 heavy (non-hydrogen) atoms. The summed E-state index contributed by atoms with van der Waals surface area (Å²) in [5, 5.41) is 3.96. The van der Waals surface area contributed by atoms with E-state index in [1.54, 1.807) is 0 Å². The van der Waals surface area contributed by atoms with Crippen LogP contribution in [0, 0.1) is 5.92 Å². The van der Waals surface area contributed by atoms with Gasteiger partial charge in [0, 0.05) is 0 Å². The van der Waals surface area contributed by atoms with Crippen molar-refractivity contribution in [3.8, 4) is 0 Å². The normalized spacial score (nSPS) is 31.9. The monoisotopic (exact) mass is 223 g/mol. The van der Waals surface area contributed by atoms with E-state index in [4.69, 9.17) is 15.0 Å². The lowest BCUT2D eigenvalue weighted by Crippen LogP contribution is -2.14. The first-order valence-corrected chi connectivity index (χ1v) is 5.98. The predicted molar refractivity (Wildman–Crippen MR) is 56.5 cm³/mol. The molecule has 88 valence electrons. The molecule has 1 saturated carbocycles. The molecule has 1 aliphatic heterocycles. The Labute approximate surface area is 94.3 Å². The van der Waals surface area contributed by atoms with Crippen LogP contribution >= 0.6 is 0 Å². The van der Waals surface area contributed by atoms with Crippen molar-refractivity contribution in [3.05, 3.63) is 11.7 Å². The van der Waals surface area contributed by atoms with E-state index in [0.717, 1.165) is 12.8 Å². The summed E-state index contributed by atoms with van der Waals surface area (Å²) in [6, 6.07) is -0.0590. The molecular weight excluding hydrogens is 206 g/mol. The highest BCUT2D eigenvalue weighted by Crippen LogP contribution is 2.39.